The normalized spacial score (nSPS) is 12.4. The summed E-state index contributed by atoms with van der Waals surface area (Å²) in [6.07, 6.45) is -10.4. The molecule has 0 atom stereocenters. The van der Waals surface area contributed by atoms with Crippen molar-refractivity contribution in [3.8, 4) is 5.75 Å². The van der Waals surface area contributed by atoms with Gasteiger partial charge in [-0.05, 0) is 0 Å². The average Bonchev–Trinajstić information content (AvgIpc) is 2.25. The van der Waals surface area contributed by atoms with E-state index in [1.165, 1.54) is 0 Å². The van der Waals surface area contributed by atoms with Crippen molar-refractivity contribution in [3.63, 3.8) is 0 Å². The van der Waals surface area contributed by atoms with Crippen LogP contribution < -0.4 is 4.74 Å². The molecule has 10 heteroatoms. The monoisotopic (exact) mass is 307 g/mol. The minimum Gasteiger partial charge on any atom is -0.403 e. The van der Waals surface area contributed by atoms with Gasteiger partial charge in [-0.2, -0.15) is 13.2 Å². The van der Waals surface area contributed by atoms with Crippen LogP contribution >= 0.6 is 11.6 Å². The minimum atomic E-state index is -5.25. The van der Waals surface area contributed by atoms with E-state index >= 15 is 0 Å². The zero-order valence-corrected chi connectivity index (χ0v) is 9.53. The van der Waals surface area contributed by atoms with Crippen LogP contribution in [0, 0.1) is 0 Å². The van der Waals surface area contributed by atoms with Crippen LogP contribution in [0.2, 0.25) is 0 Å². The van der Waals surface area contributed by atoms with E-state index in [1.807, 2.05) is 0 Å². The van der Waals surface area contributed by atoms with Crippen molar-refractivity contribution in [3.05, 3.63) is 23.0 Å². The number of hydrogen-bond donors (Lipinski definition) is 0. The molecule has 0 bridgehead atoms. The van der Waals surface area contributed by atoms with Crippen molar-refractivity contribution in [1.82, 2.24) is 4.98 Å². The number of aromatic nitrogens is 1. The number of halogens is 7. The van der Waals surface area contributed by atoms with E-state index in [-0.39, 0.29) is 6.29 Å². The van der Waals surface area contributed by atoms with Gasteiger partial charge in [-0.25, -0.2) is 0 Å². The van der Waals surface area contributed by atoms with Gasteiger partial charge in [-0.15, -0.1) is 24.8 Å². The summed E-state index contributed by atoms with van der Waals surface area (Å²) in [6.45, 7) is 0. The maximum absolute atomic E-state index is 12.7. The molecule has 1 heterocycles. The molecule has 0 saturated carbocycles. The first kappa shape index (κ1) is 15.5. The minimum absolute atomic E-state index is 0.365. The molecule has 0 fully saturated rings. The summed E-state index contributed by atoms with van der Waals surface area (Å²) in [5.41, 5.74) is -3.69. The fraction of sp³-hybridized carbons (Fsp3) is 0.333. The highest BCUT2D eigenvalue weighted by Crippen LogP contribution is 2.38. The maximum atomic E-state index is 12.7. The van der Waals surface area contributed by atoms with Crippen LogP contribution in [0.3, 0.4) is 0 Å². The number of rotatable bonds is 3. The number of ether oxygens (including phenoxy) is 1. The number of carbonyl (C=O) groups is 1. The first-order valence-electron chi connectivity index (χ1n) is 4.46. The van der Waals surface area contributed by atoms with Gasteiger partial charge in [0, 0.05) is 0 Å². The van der Waals surface area contributed by atoms with Crippen molar-refractivity contribution in [2.24, 2.45) is 0 Å². The number of nitrogens with zero attached hydrogens (tertiary/aromatic N) is 1. The Morgan fingerprint density at radius 3 is 2.21 bits per heavy atom. The standard InChI is InChI=1S/C9H4ClF6NO2/c10-1-5-7(8(11,12)13)4(3-18)6(2-17-5)19-9(14,15)16/h2-3H,1H2. The summed E-state index contributed by atoms with van der Waals surface area (Å²) in [4.78, 5) is 13.8. The van der Waals surface area contributed by atoms with E-state index in [4.69, 9.17) is 11.6 Å². The highest BCUT2D eigenvalue weighted by atomic mass is 35.5. The van der Waals surface area contributed by atoms with Gasteiger partial charge in [-0.1, -0.05) is 0 Å². The van der Waals surface area contributed by atoms with Gasteiger partial charge in [-0.3, -0.25) is 9.78 Å². The topological polar surface area (TPSA) is 39.2 Å². The molecule has 0 N–H and O–H groups in total. The Balaban J connectivity index is 3.49. The lowest BCUT2D eigenvalue weighted by atomic mass is 10.1. The predicted molar refractivity (Wildman–Crippen MR) is 50.9 cm³/mol. The van der Waals surface area contributed by atoms with Gasteiger partial charge in [0.2, 0.25) is 0 Å². The molecule has 1 aromatic heterocycles. The van der Waals surface area contributed by atoms with E-state index in [0.29, 0.717) is 6.20 Å². The highest BCUT2D eigenvalue weighted by Gasteiger charge is 2.40. The van der Waals surface area contributed by atoms with Crippen LogP contribution in [0.1, 0.15) is 21.6 Å². The molecule has 0 saturated heterocycles. The molecule has 0 unspecified atom stereocenters. The summed E-state index contributed by atoms with van der Waals surface area (Å²) >= 11 is 5.21. The molecule has 0 aliphatic carbocycles. The Morgan fingerprint density at radius 2 is 1.84 bits per heavy atom. The molecule has 0 aliphatic rings. The zero-order chi connectivity index (χ0) is 14.8. The molecule has 1 rings (SSSR count). The molecular weight excluding hydrogens is 304 g/mol. The number of alkyl halides is 7. The van der Waals surface area contributed by atoms with Gasteiger partial charge in [0.1, 0.15) is 0 Å². The van der Waals surface area contributed by atoms with Crippen molar-refractivity contribution in [2.45, 2.75) is 18.4 Å². The molecule has 0 amide bonds. The van der Waals surface area contributed by atoms with Crippen LogP contribution in [0.4, 0.5) is 26.3 Å². The van der Waals surface area contributed by atoms with Crippen LogP contribution in [0.15, 0.2) is 6.20 Å². The van der Waals surface area contributed by atoms with Crippen LogP contribution in [0.5, 0.6) is 5.75 Å². The Hall–Kier alpha value is -1.51. The second-order valence-electron chi connectivity index (χ2n) is 3.15. The third-order valence-electron chi connectivity index (χ3n) is 1.91. The lowest BCUT2D eigenvalue weighted by Crippen LogP contribution is -2.21. The zero-order valence-electron chi connectivity index (χ0n) is 8.77. The molecular formula is C9H4ClF6NO2. The van der Waals surface area contributed by atoms with Crippen LogP contribution in [-0.4, -0.2) is 17.6 Å². The Bertz CT molecular complexity index is 485. The van der Waals surface area contributed by atoms with E-state index < -0.39 is 41.0 Å². The third kappa shape index (κ3) is 3.72. The van der Waals surface area contributed by atoms with Crippen LogP contribution in [-0.2, 0) is 12.1 Å². The summed E-state index contributed by atoms with van der Waals surface area (Å²) in [7, 11) is 0. The third-order valence-corrected chi connectivity index (χ3v) is 2.17. The molecule has 0 spiro atoms. The summed E-state index contributed by atoms with van der Waals surface area (Å²) < 4.78 is 77.4. The Kier molecular flexibility index (Phi) is 4.28. The van der Waals surface area contributed by atoms with Crippen LogP contribution in [0.25, 0.3) is 0 Å². The largest absolute Gasteiger partial charge is 0.573 e. The summed E-state index contributed by atoms with van der Waals surface area (Å²) in [5.74, 6) is -2.05. The highest BCUT2D eigenvalue weighted by molar-refractivity contribution is 6.17. The SMILES string of the molecule is O=Cc1c(OC(F)(F)F)cnc(CCl)c1C(F)(F)F. The van der Waals surface area contributed by atoms with Gasteiger partial charge < -0.3 is 4.74 Å². The molecule has 0 aliphatic heterocycles. The van der Waals surface area contributed by atoms with E-state index in [2.05, 4.69) is 9.72 Å². The number of pyridine rings is 1. The summed E-state index contributed by atoms with van der Waals surface area (Å²) in [6, 6.07) is 0. The molecule has 19 heavy (non-hydrogen) atoms. The number of aldehydes is 1. The maximum Gasteiger partial charge on any atom is 0.573 e. The average molecular weight is 308 g/mol. The fourth-order valence-corrected chi connectivity index (χ4v) is 1.49. The second kappa shape index (κ2) is 5.24. The van der Waals surface area contributed by atoms with Gasteiger partial charge in [0.25, 0.3) is 0 Å². The molecule has 1 aromatic rings. The Morgan fingerprint density at radius 1 is 1.26 bits per heavy atom. The lowest BCUT2D eigenvalue weighted by molar-refractivity contribution is -0.275. The van der Waals surface area contributed by atoms with E-state index in [0.717, 1.165) is 0 Å². The van der Waals surface area contributed by atoms with Gasteiger partial charge in [0.05, 0.1) is 28.9 Å². The lowest BCUT2D eigenvalue weighted by Gasteiger charge is -2.16. The molecule has 3 nitrogen and oxygen atoms in total. The smallest absolute Gasteiger partial charge is 0.403 e. The summed E-state index contributed by atoms with van der Waals surface area (Å²) in [5, 5.41) is 0. The quantitative estimate of drug-likeness (QED) is 0.487. The van der Waals surface area contributed by atoms with Crippen molar-refractivity contribution in [1.29, 1.82) is 0 Å². The molecule has 106 valence electrons. The van der Waals surface area contributed by atoms with Crippen molar-refractivity contribution >= 4 is 17.9 Å². The van der Waals surface area contributed by atoms with E-state index in [1.54, 1.807) is 0 Å². The number of carbonyl (C=O) groups excluding carboxylic acids is 1. The van der Waals surface area contributed by atoms with Gasteiger partial charge >= 0.3 is 12.5 Å². The first-order chi connectivity index (χ1) is 8.60. The molecule has 0 aromatic carbocycles. The van der Waals surface area contributed by atoms with Crippen molar-refractivity contribution < 1.29 is 35.9 Å². The number of hydrogen-bond acceptors (Lipinski definition) is 3. The van der Waals surface area contributed by atoms with Gasteiger partial charge in [0.15, 0.2) is 12.0 Å². The first-order valence-corrected chi connectivity index (χ1v) is 4.99. The Labute approximate surface area is 107 Å². The second-order valence-corrected chi connectivity index (χ2v) is 3.42. The fourth-order valence-electron chi connectivity index (χ4n) is 1.29. The predicted octanol–water partition coefficient (Wildman–Crippen LogP) is 3.55. The van der Waals surface area contributed by atoms with Crippen molar-refractivity contribution in [2.75, 3.05) is 0 Å². The van der Waals surface area contributed by atoms with E-state index in [9.17, 15) is 31.1 Å². The molecule has 0 radical (unpaired) electrons.